The van der Waals surface area contributed by atoms with E-state index in [0.29, 0.717) is 11.0 Å². The number of halogens is 2. The lowest BCUT2D eigenvalue weighted by Gasteiger charge is -2.38. The van der Waals surface area contributed by atoms with Crippen LogP contribution in [0.3, 0.4) is 0 Å². The van der Waals surface area contributed by atoms with Gasteiger partial charge in [-0.3, -0.25) is 4.90 Å². The Morgan fingerprint density at radius 2 is 1.86 bits per heavy atom. The van der Waals surface area contributed by atoms with Gasteiger partial charge in [0.05, 0.1) is 0 Å². The zero-order valence-electron chi connectivity index (χ0n) is 15.6. The van der Waals surface area contributed by atoms with Crippen LogP contribution in [0.4, 0.5) is 15.8 Å². The lowest BCUT2D eigenvalue weighted by Crippen LogP contribution is -2.54. The minimum Gasteiger partial charge on any atom is -0.368 e. The van der Waals surface area contributed by atoms with Gasteiger partial charge in [-0.1, -0.05) is 17.7 Å². The van der Waals surface area contributed by atoms with Crippen LogP contribution in [0.15, 0.2) is 52.4 Å². The third-order valence-corrected chi connectivity index (χ3v) is 5.30. The average Bonchev–Trinajstić information content (AvgIpc) is 3.20. The summed E-state index contributed by atoms with van der Waals surface area (Å²) in [6.45, 7) is 3.74. The largest absolute Gasteiger partial charge is 0.368 e. The van der Waals surface area contributed by atoms with Crippen molar-refractivity contribution in [2.75, 3.05) is 23.3 Å². The number of hydrogen-bond acceptors (Lipinski definition) is 6. The van der Waals surface area contributed by atoms with E-state index in [1.165, 1.54) is 12.1 Å². The Morgan fingerprint density at radius 1 is 1.14 bits per heavy atom. The summed E-state index contributed by atoms with van der Waals surface area (Å²) in [5.41, 5.74) is 8.62. The van der Waals surface area contributed by atoms with Gasteiger partial charge in [0.2, 0.25) is 18.2 Å². The van der Waals surface area contributed by atoms with Crippen LogP contribution in [0, 0.1) is 12.7 Å². The fraction of sp³-hybridized carbons (Fsp3) is 0.300. The molecule has 1 saturated heterocycles. The number of hydrogen-bond donors (Lipinski definition) is 2. The van der Waals surface area contributed by atoms with Crippen molar-refractivity contribution in [1.82, 2.24) is 4.90 Å². The second kappa shape index (κ2) is 7.67. The summed E-state index contributed by atoms with van der Waals surface area (Å²) in [4.78, 5) is 13.1. The van der Waals surface area contributed by atoms with E-state index in [-0.39, 0.29) is 11.8 Å². The molecule has 1 fully saturated rings. The van der Waals surface area contributed by atoms with Crippen LogP contribution in [-0.4, -0.2) is 36.2 Å². The number of nitrogens with one attached hydrogen (secondary N) is 1. The summed E-state index contributed by atoms with van der Waals surface area (Å²) in [6, 6.07) is 12.0. The van der Waals surface area contributed by atoms with Crippen molar-refractivity contribution in [3.05, 3.63) is 58.9 Å². The molecule has 2 aromatic carbocycles. The zero-order valence-corrected chi connectivity index (χ0v) is 16.3. The van der Waals surface area contributed by atoms with E-state index in [9.17, 15) is 4.39 Å². The molecule has 2 aliphatic heterocycles. The predicted molar refractivity (Wildman–Crippen MR) is 112 cm³/mol. The van der Waals surface area contributed by atoms with Crippen LogP contribution in [0.1, 0.15) is 18.4 Å². The maximum atomic E-state index is 13.5. The molecule has 0 amide bonds. The van der Waals surface area contributed by atoms with Gasteiger partial charge in [0.1, 0.15) is 5.82 Å². The molecule has 0 aliphatic carbocycles. The highest BCUT2D eigenvalue weighted by atomic mass is 35.5. The summed E-state index contributed by atoms with van der Waals surface area (Å²) < 4.78 is 13.5. The average molecular weight is 401 g/mol. The lowest BCUT2D eigenvalue weighted by molar-refractivity contribution is 0.497. The summed E-state index contributed by atoms with van der Waals surface area (Å²) in [7, 11) is 0. The number of anilines is 2. The van der Waals surface area contributed by atoms with Gasteiger partial charge in [0, 0.05) is 29.5 Å². The first-order valence-corrected chi connectivity index (χ1v) is 9.63. The first kappa shape index (κ1) is 18.6. The maximum Gasteiger partial charge on any atom is 0.222 e. The Hall–Kier alpha value is -2.80. The Kier molecular flexibility index (Phi) is 5.09. The van der Waals surface area contributed by atoms with Gasteiger partial charge in [-0.15, -0.1) is 0 Å². The molecule has 1 unspecified atom stereocenters. The van der Waals surface area contributed by atoms with Crippen molar-refractivity contribution >= 4 is 34.9 Å². The van der Waals surface area contributed by atoms with Crippen LogP contribution in [0.25, 0.3) is 0 Å². The Labute approximate surface area is 168 Å². The third-order valence-electron chi connectivity index (χ3n) is 4.89. The molecule has 8 heteroatoms. The molecule has 0 spiro atoms. The van der Waals surface area contributed by atoms with Crippen LogP contribution in [0.2, 0.25) is 5.02 Å². The maximum absolute atomic E-state index is 13.5. The van der Waals surface area contributed by atoms with E-state index in [1.807, 2.05) is 30.0 Å². The summed E-state index contributed by atoms with van der Waals surface area (Å²) in [5.74, 6) is 0.626. The number of likely N-dealkylation sites (tertiary alicyclic amines) is 1. The SMILES string of the molecule is Cc1ccc(NC2N=C(N)N=C(N3CCCC3)N2c2ccc(F)cc2)cc1Cl. The summed E-state index contributed by atoms with van der Waals surface area (Å²) >= 11 is 6.28. The third kappa shape index (κ3) is 3.75. The van der Waals surface area contributed by atoms with E-state index in [4.69, 9.17) is 17.3 Å². The van der Waals surface area contributed by atoms with E-state index in [1.54, 1.807) is 12.1 Å². The van der Waals surface area contributed by atoms with Gasteiger partial charge < -0.3 is 16.0 Å². The molecule has 0 radical (unpaired) electrons. The Balaban J connectivity index is 1.72. The molecule has 2 heterocycles. The number of aliphatic imine (C=N–C) groups is 2. The van der Waals surface area contributed by atoms with Gasteiger partial charge >= 0.3 is 0 Å². The molecule has 146 valence electrons. The fourth-order valence-electron chi connectivity index (χ4n) is 3.40. The van der Waals surface area contributed by atoms with Crippen LogP contribution in [-0.2, 0) is 0 Å². The molecule has 0 saturated carbocycles. The van der Waals surface area contributed by atoms with Crippen molar-refractivity contribution < 1.29 is 4.39 Å². The minimum atomic E-state index is -0.530. The lowest BCUT2D eigenvalue weighted by atomic mass is 10.2. The van der Waals surface area contributed by atoms with E-state index >= 15 is 0 Å². The van der Waals surface area contributed by atoms with Crippen molar-refractivity contribution in [3.8, 4) is 0 Å². The van der Waals surface area contributed by atoms with E-state index < -0.39 is 6.29 Å². The van der Waals surface area contributed by atoms with Gasteiger partial charge in [0.25, 0.3) is 0 Å². The zero-order chi connectivity index (χ0) is 19.7. The van der Waals surface area contributed by atoms with Crippen molar-refractivity contribution in [3.63, 3.8) is 0 Å². The highest BCUT2D eigenvalue weighted by Gasteiger charge is 2.32. The molecule has 6 nitrogen and oxygen atoms in total. The smallest absolute Gasteiger partial charge is 0.222 e. The standard InChI is InChI=1S/C20H22ClFN6/c1-13-4-7-15(12-17(13)21)24-19-25-18(23)26-20(27-10-2-3-11-27)28(19)16-8-5-14(22)6-9-16/h4-9,12,19,24H,2-3,10-11H2,1H3,(H2,23,25). The molecule has 3 N–H and O–H groups in total. The fourth-order valence-corrected chi connectivity index (χ4v) is 3.59. The van der Waals surface area contributed by atoms with Crippen molar-refractivity contribution in [2.24, 2.45) is 15.7 Å². The second-order valence-corrected chi connectivity index (χ2v) is 7.33. The number of nitrogens with zero attached hydrogens (tertiary/aromatic N) is 4. The van der Waals surface area contributed by atoms with Gasteiger partial charge in [-0.2, -0.15) is 4.99 Å². The number of benzene rings is 2. The van der Waals surface area contributed by atoms with E-state index in [2.05, 4.69) is 20.2 Å². The van der Waals surface area contributed by atoms with E-state index in [0.717, 1.165) is 42.9 Å². The van der Waals surface area contributed by atoms with Crippen LogP contribution >= 0.6 is 11.6 Å². The Bertz CT molecular complexity index is 921. The molecule has 28 heavy (non-hydrogen) atoms. The number of guanidine groups is 2. The van der Waals surface area contributed by atoms with Gasteiger partial charge in [-0.25, -0.2) is 9.38 Å². The molecular formula is C20H22ClFN6. The quantitative estimate of drug-likeness (QED) is 0.822. The number of nitrogens with two attached hydrogens (primary N) is 1. The van der Waals surface area contributed by atoms with Crippen molar-refractivity contribution in [2.45, 2.75) is 26.1 Å². The Morgan fingerprint density at radius 3 is 2.54 bits per heavy atom. The number of rotatable bonds is 3. The predicted octanol–water partition coefficient (Wildman–Crippen LogP) is 3.77. The molecule has 4 rings (SSSR count). The topological polar surface area (TPSA) is 69.2 Å². The van der Waals surface area contributed by atoms with Gasteiger partial charge in [-0.05, 0) is 61.7 Å². The van der Waals surface area contributed by atoms with Crippen molar-refractivity contribution in [1.29, 1.82) is 0 Å². The molecule has 1 atom stereocenters. The minimum absolute atomic E-state index is 0.205. The molecule has 2 aliphatic rings. The normalized spacial score (nSPS) is 19.5. The van der Waals surface area contributed by atoms with Crippen LogP contribution < -0.4 is 16.0 Å². The second-order valence-electron chi connectivity index (χ2n) is 6.92. The highest BCUT2D eigenvalue weighted by molar-refractivity contribution is 6.31. The first-order valence-electron chi connectivity index (χ1n) is 9.26. The van der Waals surface area contributed by atoms with Gasteiger partial charge in [0.15, 0.2) is 0 Å². The molecular weight excluding hydrogens is 379 g/mol. The summed E-state index contributed by atoms with van der Waals surface area (Å²) in [5, 5.41) is 4.03. The highest BCUT2D eigenvalue weighted by Crippen LogP contribution is 2.27. The molecule has 0 bridgehead atoms. The molecule has 0 aromatic heterocycles. The van der Waals surface area contributed by atoms with Crippen LogP contribution in [0.5, 0.6) is 0 Å². The number of aryl methyl sites for hydroxylation is 1. The first-order chi connectivity index (χ1) is 13.5. The summed E-state index contributed by atoms with van der Waals surface area (Å²) in [6.07, 6.45) is 1.66. The monoisotopic (exact) mass is 400 g/mol. The molecule has 2 aromatic rings.